The molecule has 0 saturated carbocycles. The minimum atomic E-state index is -0.735. The first-order valence-corrected chi connectivity index (χ1v) is 7.47. The maximum atomic E-state index is 10.6. The number of hydrogen-bond acceptors (Lipinski definition) is 5. The fourth-order valence-corrected chi connectivity index (χ4v) is 2.03. The summed E-state index contributed by atoms with van der Waals surface area (Å²) >= 11 is 1.58. The average Bonchev–Trinajstić information content (AvgIpc) is 2.37. The van der Waals surface area contributed by atoms with Crippen LogP contribution in [0.5, 0.6) is 0 Å². The SMILES string of the molecule is CSc1cc(NCCC(C)(C)CCC(=O)O)ncn1. The van der Waals surface area contributed by atoms with E-state index in [1.807, 2.05) is 12.3 Å². The van der Waals surface area contributed by atoms with Crippen LogP contribution in [0.3, 0.4) is 0 Å². The Bertz CT molecular complexity index is 424. The number of anilines is 1. The number of hydrogen-bond donors (Lipinski definition) is 2. The van der Waals surface area contributed by atoms with Crippen molar-refractivity contribution < 1.29 is 9.90 Å². The first-order chi connectivity index (χ1) is 8.93. The maximum Gasteiger partial charge on any atom is 0.303 e. The van der Waals surface area contributed by atoms with Gasteiger partial charge in [0.25, 0.3) is 0 Å². The van der Waals surface area contributed by atoms with Crippen LogP contribution < -0.4 is 5.32 Å². The molecule has 6 heteroatoms. The van der Waals surface area contributed by atoms with Crippen molar-refractivity contribution >= 4 is 23.5 Å². The first kappa shape index (κ1) is 15.8. The number of thioether (sulfide) groups is 1. The van der Waals surface area contributed by atoms with Crippen LogP contribution in [-0.4, -0.2) is 33.8 Å². The maximum absolute atomic E-state index is 10.6. The van der Waals surface area contributed by atoms with Gasteiger partial charge < -0.3 is 10.4 Å². The van der Waals surface area contributed by atoms with E-state index in [-0.39, 0.29) is 11.8 Å². The second-order valence-corrected chi connectivity index (χ2v) is 6.01. The van der Waals surface area contributed by atoms with E-state index >= 15 is 0 Å². The molecule has 106 valence electrons. The normalized spacial score (nSPS) is 11.3. The predicted octanol–water partition coefficient (Wildman–Crippen LogP) is 2.89. The van der Waals surface area contributed by atoms with Gasteiger partial charge in [0.1, 0.15) is 17.2 Å². The largest absolute Gasteiger partial charge is 0.481 e. The molecule has 1 heterocycles. The van der Waals surface area contributed by atoms with Crippen molar-refractivity contribution in [3.63, 3.8) is 0 Å². The van der Waals surface area contributed by atoms with Crippen molar-refractivity contribution in [3.8, 4) is 0 Å². The highest BCUT2D eigenvalue weighted by atomic mass is 32.2. The molecule has 0 unspecified atom stereocenters. The quantitative estimate of drug-likeness (QED) is 0.564. The van der Waals surface area contributed by atoms with E-state index in [1.165, 1.54) is 0 Å². The van der Waals surface area contributed by atoms with Gasteiger partial charge in [-0.05, 0) is 24.5 Å². The van der Waals surface area contributed by atoms with Gasteiger partial charge in [-0.15, -0.1) is 11.8 Å². The van der Waals surface area contributed by atoms with Crippen molar-refractivity contribution in [2.24, 2.45) is 5.41 Å². The van der Waals surface area contributed by atoms with Crippen LogP contribution in [-0.2, 0) is 4.79 Å². The fourth-order valence-electron chi connectivity index (χ4n) is 1.65. The summed E-state index contributed by atoms with van der Waals surface area (Å²) in [5.74, 6) is 0.0785. The Hall–Kier alpha value is -1.30. The van der Waals surface area contributed by atoms with Crippen molar-refractivity contribution in [2.75, 3.05) is 18.1 Å². The molecule has 0 aliphatic carbocycles. The standard InChI is InChI=1S/C13H21N3O2S/c1-13(2,5-4-12(17)18)6-7-14-10-8-11(19-3)16-9-15-10/h8-9H,4-7H2,1-3H3,(H,17,18)(H,14,15,16). The van der Waals surface area contributed by atoms with E-state index in [4.69, 9.17) is 5.11 Å². The van der Waals surface area contributed by atoms with Crippen LogP contribution in [0.25, 0.3) is 0 Å². The second-order valence-electron chi connectivity index (χ2n) is 5.18. The summed E-state index contributed by atoms with van der Waals surface area (Å²) in [6, 6.07) is 1.91. The molecular weight excluding hydrogens is 262 g/mol. The van der Waals surface area contributed by atoms with Gasteiger partial charge in [0, 0.05) is 19.0 Å². The lowest BCUT2D eigenvalue weighted by Crippen LogP contribution is -2.18. The number of nitrogens with zero attached hydrogens (tertiary/aromatic N) is 2. The highest BCUT2D eigenvalue weighted by Crippen LogP contribution is 2.26. The molecule has 1 rings (SSSR count). The molecule has 0 fully saturated rings. The summed E-state index contributed by atoms with van der Waals surface area (Å²) < 4.78 is 0. The summed E-state index contributed by atoms with van der Waals surface area (Å²) in [6.45, 7) is 4.95. The van der Waals surface area contributed by atoms with E-state index < -0.39 is 5.97 Å². The molecule has 0 aliphatic rings. The van der Waals surface area contributed by atoms with Crippen LogP contribution in [0.15, 0.2) is 17.4 Å². The summed E-state index contributed by atoms with van der Waals surface area (Å²) in [7, 11) is 0. The molecule has 0 atom stereocenters. The molecule has 0 aromatic carbocycles. The second kappa shape index (κ2) is 7.33. The third-order valence-corrected chi connectivity index (χ3v) is 3.62. The number of carbonyl (C=O) groups is 1. The summed E-state index contributed by atoms with van der Waals surface area (Å²) in [5, 5.41) is 12.9. The summed E-state index contributed by atoms with van der Waals surface area (Å²) in [6.07, 6.45) is 5.32. The molecule has 0 aliphatic heterocycles. The Morgan fingerprint density at radius 1 is 1.42 bits per heavy atom. The zero-order chi connectivity index (χ0) is 14.3. The number of nitrogens with one attached hydrogen (secondary N) is 1. The number of aliphatic carboxylic acids is 1. The number of aromatic nitrogens is 2. The van der Waals surface area contributed by atoms with E-state index in [2.05, 4.69) is 29.1 Å². The Morgan fingerprint density at radius 3 is 2.79 bits per heavy atom. The molecule has 0 bridgehead atoms. The zero-order valence-electron chi connectivity index (χ0n) is 11.6. The van der Waals surface area contributed by atoms with E-state index in [0.717, 1.165) is 23.8 Å². The molecule has 0 amide bonds. The van der Waals surface area contributed by atoms with Gasteiger partial charge in [-0.25, -0.2) is 9.97 Å². The average molecular weight is 283 g/mol. The molecule has 0 radical (unpaired) electrons. The number of carboxylic acid groups (broad SMARTS) is 1. The smallest absolute Gasteiger partial charge is 0.303 e. The lowest BCUT2D eigenvalue weighted by molar-refractivity contribution is -0.137. The molecule has 0 saturated heterocycles. The van der Waals surface area contributed by atoms with E-state index in [9.17, 15) is 4.79 Å². The van der Waals surface area contributed by atoms with Crippen LogP contribution >= 0.6 is 11.8 Å². The van der Waals surface area contributed by atoms with Crippen molar-refractivity contribution in [1.82, 2.24) is 9.97 Å². The predicted molar refractivity (Wildman–Crippen MR) is 77.6 cm³/mol. The third-order valence-electron chi connectivity index (χ3n) is 2.97. The van der Waals surface area contributed by atoms with Crippen molar-refractivity contribution in [3.05, 3.63) is 12.4 Å². The molecule has 2 N–H and O–H groups in total. The van der Waals surface area contributed by atoms with Crippen molar-refractivity contribution in [2.45, 2.75) is 38.1 Å². The minimum Gasteiger partial charge on any atom is -0.481 e. The molecule has 1 aromatic heterocycles. The highest BCUT2D eigenvalue weighted by molar-refractivity contribution is 7.98. The van der Waals surface area contributed by atoms with Crippen LogP contribution in [0.2, 0.25) is 0 Å². The number of rotatable bonds is 8. The van der Waals surface area contributed by atoms with Gasteiger partial charge >= 0.3 is 5.97 Å². The van der Waals surface area contributed by atoms with Crippen LogP contribution in [0, 0.1) is 5.41 Å². The topological polar surface area (TPSA) is 75.1 Å². The van der Waals surface area contributed by atoms with Gasteiger partial charge in [0.2, 0.25) is 0 Å². The molecule has 5 nitrogen and oxygen atoms in total. The van der Waals surface area contributed by atoms with Gasteiger partial charge in [-0.3, -0.25) is 4.79 Å². The molecule has 19 heavy (non-hydrogen) atoms. The number of carboxylic acids is 1. The minimum absolute atomic E-state index is 0.0146. The lowest BCUT2D eigenvalue weighted by atomic mass is 9.84. The summed E-state index contributed by atoms with van der Waals surface area (Å²) in [5.41, 5.74) is 0.0146. The zero-order valence-corrected chi connectivity index (χ0v) is 12.5. The van der Waals surface area contributed by atoms with Gasteiger partial charge in [-0.2, -0.15) is 0 Å². The van der Waals surface area contributed by atoms with Gasteiger partial charge in [-0.1, -0.05) is 13.8 Å². The first-order valence-electron chi connectivity index (χ1n) is 6.25. The van der Waals surface area contributed by atoms with Crippen LogP contribution in [0.4, 0.5) is 5.82 Å². The monoisotopic (exact) mass is 283 g/mol. The fraction of sp³-hybridized carbons (Fsp3) is 0.615. The van der Waals surface area contributed by atoms with E-state index in [1.54, 1.807) is 18.1 Å². The Balaban J connectivity index is 2.38. The summed E-state index contributed by atoms with van der Waals surface area (Å²) in [4.78, 5) is 18.8. The molecular formula is C13H21N3O2S. The van der Waals surface area contributed by atoms with Gasteiger partial charge in [0.15, 0.2) is 0 Å². The van der Waals surface area contributed by atoms with Gasteiger partial charge in [0.05, 0.1) is 0 Å². The van der Waals surface area contributed by atoms with Crippen LogP contribution in [0.1, 0.15) is 33.1 Å². The third kappa shape index (κ3) is 6.42. The molecule has 0 spiro atoms. The molecule has 1 aromatic rings. The highest BCUT2D eigenvalue weighted by Gasteiger charge is 2.18. The Labute approximate surface area is 118 Å². The van der Waals surface area contributed by atoms with E-state index in [0.29, 0.717) is 6.42 Å². The lowest BCUT2D eigenvalue weighted by Gasteiger charge is -2.23. The Morgan fingerprint density at radius 2 is 2.16 bits per heavy atom. The Kier molecular flexibility index (Phi) is 6.08. The van der Waals surface area contributed by atoms with Crippen molar-refractivity contribution in [1.29, 1.82) is 0 Å².